The number of nitrogens with one attached hydrogen (secondary N) is 1. The number of amides is 3. The van der Waals surface area contributed by atoms with Gasteiger partial charge in [0, 0.05) is 23.1 Å². The van der Waals surface area contributed by atoms with Crippen LogP contribution in [0.3, 0.4) is 0 Å². The van der Waals surface area contributed by atoms with Gasteiger partial charge in [-0.2, -0.15) is 0 Å². The molecule has 8 nitrogen and oxygen atoms in total. The summed E-state index contributed by atoms with van der Waals surface area (Å²) in [6, 6.07) is 15.6. The first kappa shape index (κ1) is 28.6. The second-order valence-corrected chi connectivity index (χ2v) is 9.39. The smallest absolute Gasteiger partial charge is 0.408 e. The maximum atomic E-state index is 13.8. The van der Waals surface area contributed by atoms with Crippen molar-refractivity contribution in [3.63, 3.8) is 0 Å². The molecule has 0 aliphatic heterocycles. The zero-order chi connectivity index (χ0) is 27.5. The lowest BCUT2D eigenvalue weighted by atomic mass is 10.00. The number of unbranched alkanes of at least 4 members (excludes halogenated alkanes) is 2. The van der Waals surface area contributed by atoms with Gasteiger partial charge in [-0.1, -0.05) is 75.9 Å². The van der Waals surface area contributed by atoms with Gasteiger partial charge in [0.25, 0.3) is 11.8 Å². The Morgan fingerprint density at radius 1 is 0.947 bits per heavy atom. The molecule has 0 saturated carbocycles. The molecule has 1 aromatic heterocycles. The molecule has 1 unspecified atom stereocenters. The van der Waals surface area contributed by atoms with Gasteiger partial charge in [0.15, 0.2) is 0 Å². The van der Waals surface area contributed by atoms with Crippen LogP contribution in [0.2, 0.25) is 0 Å². The van der Waals surface area contributed by atoms with Crippen molar-refractivity contribution in [3.8, 4) is 0 Å². The van der Waals surface area contributed by atoms with Crippen LogP contribution in [0.15, 0.2) is 69.9 Å². The molecule has 2 atom stereocenters. The summed E-state index contributed by atoms with van der Waals surface area (Å²) in [6.07, 6.45) is 4.19. The summed E-state index contributed by atoms with van der Waals surface area (Å²) in [5, 5.41) is 3.24. The Hall–Kier alpha value is -3.94. The van der Waals surface area contributed by atoms with Crippen molar-refractivity contribution in [1.29, 1.82) is 0 Å². The molecule has 38 heavy (non-hydrogen) atoms. The molecule has 8 heteroatoms. The van der Waals surface area contributed by atoms with Gasteiger partial charge in [0.2, 0.25) is 0 Å². The standard InChI is InChI=1S/C30H36N2O6/c1-4-6-8-14-25(11-5-2)32(29(35)24-16-15-23-17-18-27(33)38-26(23)19-24)28(34)21(3)31-30(36)37-20-22-12-9-7-10-13-22/h7,9-10,12-13,15-19,21,25H,4-6,8,11,14,20H2,1-3H3,(H,31,36)/t21-,25?/m0/s1. The molecule has 0 bridgehead atoms. The summed E-state index contributed by atoms with van der Waals surface area (Å²) < 4.78 is 10.5. The Balaban J connectivity index is 1.84. The number of rotatable bonds is 12. The van der Waals surface area contributed by atoms with E-state index in [0.717, 1.165) is 31.2 Å². The van der Waals surface area contributed by atoms with Gasteiger partial charge >= 0.3 is 11.7 Å². The quantitative estimate of drug-likeness (QED) is 0.238. The van der Waals surface area contributed by atoms with Crippen molar-refractivity contribution in [2.75, 3.05) is 0 Å². The molecular weight excluding hydrogens is 484 g/mol. The largest absolute Gasteiger partial charge is 0.445 e. The molecule has 0 spiro atoms. The number of benzene rings is 2. The third-order valence-electron chi connectivity index (χ3n) is 6.37. The first-order valence-electron chi connectivity index (χ1n) is 13.2. The van der Waals surface area contributed by atoms with Gasteiger partial charge in [-0.05, 0) is 43.5 Å². The molecule has 202 valence electrons. The third kappa shape index (κ3) is 7.78. The maximum absolute atomic E-state index is 13.8. The third-order valence-corrected chi connectivity index (χ3v) is 6.37. The minimum absolute atomic E-state index is 0.0635. The summed E-state index contributed by atoms with van der Waals surface area (Å²) in [5.41, 5.74) is 0.797. The first-order valence-corrected chi connectivity index (χ1v) is 13.2. The highest BCUT2D eigenvalue weighted by atomic mass is 16.5. The average molecular weight is 521 g/mol. The van der Waals surface area contributed by atoms with Gasteiger partial charge in [0.1, 0.15) is 18.2 Å². The molecule has 3 aromatic rings. The van der Waals surface area contributed by atoms with E-state index < -0.39 is 29.6 Å². The number of ether oxygens (including phenoxy) is 1. The molecule has 3 rings (SSSR count). The first-order chi connectivity index (χ1) is 18.3. The minimum atomic E-state index is -0.994. The van der Waals surface area contributed by atoms with Crippen molar-refractivity contribution < 1.29 is 23.5 Å². The number of alkyl carbamates (subject to hydrolysis) is 1. The molecular formula is C30H36N2O6. The summed E-state index contributed by atoms with van der Waals surface area (Å²) >= 11 is 0. The van der Waals surface area contributed by atoms with Crippen molar-refractivity contribution in [2.24, 2.45) is 0 Å². The topological polar surface area (TPSA) is 106 Å². The lowest BCUT2D eigenvalue weighted by Crippen LogP contribution is -2.53. The average Bonchev–Trinajstić information content (AvgIpc) is 2.92. The Labute approximate surface area is 223 Å². The van der Waals surface area contributed by atoms with E-state index in [-0.39, 0.29) is 23.8 Å². The summed E-state index contributed by atoms with van der Waals surface area (Å²) in [5.74, 6) is -1.01. The monoisotopic (exact) mass is 520 g/mol. The highest BCUT2D eigenvalue weighted by molar-refractivity contribution is 6.08. The van der Waals surface area contributed by atoms with Crippen molar-refractivity contribution >= 4 is 28.9 Å². The van der Waals surface area contributed by atoms with Crippen molar-refractivity contribution in [3.05, 3.63) is 82.2 Å². The predicted molar refractivity (Wildman–Crippen MR) is 146 cm³/mol. The number of carbonyl (C=O) groups excluding carboxylic acids is 3. The van der Waals surface area contributed by atoms with E-state index in [9.17, 15) is 19.2 Å². The highest BCUT2D eigenvalue weighted by Crippen LogP contribution is 2.22. The molecule has 0 radical (unpaired) electrons. The van der Waals surface area contributed by atoms with Crippen LogP contribution in [0, 0.1) is 0 Å². The number of carbonyl (C=O) groups is 3. The maximum Gasteiger partial charge on any atom is 0.408 e. The summed E-state index contributed by atoms with van der Waals surface area (Å²) in [6.45, 7) is 5.71. The second-order valence-electron chi connectivity index (χ2n) is 9.39. The van der Waals surface area contributed by atoms with E-state index in [1.165, 1.54) is 17.0 Å². The Morgan fingerprint density at radius 3 is 2.39 bits per heavy atom. The predicted octanol–water partition coefficient (Wildman–Crippen LogP) is 5.83. The van der Waals surface area contributed by atoms with Crippen LogP contribution in [0.5, 0.6) is 0 Å². The normalized spacial score (nSPS) is 12.5. The van der Waals surface area contributed by atoms with Crippen LogP contribution in [-0.4, -0.2) is 34.9 Å². The Kier molecular flexibility index (Phi) is 10.6. The summed E-state index contributed by atoms with van der Waals surface area (Å²) in [4.78, 5) is 52.9. The fraction of sp³-hybridized carbons (Fsp3) is 0.400. The van der Waals surface area contributed by atoms with Gasteiger partial charge in [0.05, 0.1) is 0 Å². The number of nitrogens with zero attached hydrogens (tertiary/aromatic N) is 1. The number of hydrogen-bond acceptors (Lipinski definition) is 6. The van der Waals surface area contributed by atoms with Gasteiger partial charge in [-0.3, -0.25) is 14.5 Å². The lowest BCUT2D eigenvalue weighted by molar-refractivity contribution is -0.132. The Bertz CT molecular complexity index is 1290. The van der Waals surface area contributed by atoms with E-state index >= 15 is 0 Å². The van der Waals surface area contributed by atoms with Crippen LogP contribution in [0.1, 0.15) is 75.2 Å². The minimum Gasteiger partial charge on any atom is -0.445 e. The fourth-order valence-corrected chi connectivity index (χ4v) is 4.36. The van der Waals surface area contributed by atoms with Crippen LogP contribution in [0.4, 0.5) is 4.79 Å². The molecule has 2 aromatic carbocycles. The van der Waals surface area contributed by atoms with E-state index in [1.54, 1.807) is 25.1 Å². The van der Waals surface area contributed by atoms with Crippen LogP contribution >= 0.6 is 0 Å². The van der Waals surface area contributed by atoms with Crippen LogP contribution in [0.25, 0.3) is 11.0 Å². The SMILES string of the molecule is CCCCCC(CCC)N(C(=O)c1ccc2ccc(=O)oc2c1)C(=O)[C@H](C)NC(=O)OCc1ccccc1. The molecule has 3 amide bonds. The van der Waals surface area contributed by atoms with Gasteiger partial charge in [-0.15, -0.1) is 0 Å². The molecule has 0 aliphatic rings. The van der Waals surface area contributed by atoms with Crippen LogP contribution in [-0.2, 0) is 16.1 Å². The van der Waals surface area contributed by atoms with E-state index in [4.69, 9.17) is 9.15 Å². The van der Waals surface area contributed by atoms with Crippen molar-refractivity contribution in [1.82, 2.24) is 10.2 Å². The lowest BCUT2D eigenvalue weighted by Gasteiger charge is -2.32. The summed E-state index contributed by atoms with van der Waals surface area (Å²) in [7, 11) is 0. The molecule has 1 N–H and O–H groups in total. The second kappa shape index (κ2) is 14.1. The highest BCUT2D eigenvalue weighted by Gasteiger charge is 2.34. The number of imide groups is 1. The fourth-order valence-electron chi connectivity index (χ4n) is 4.36. The Morgan fingerprint density at radius 2 is 1.68 bits per heavy atom. The zero-order valence-corrected chi connectivity index (χ0v) is 22.3. The van der Waals surface area contributed by atoms with Gasteiger partial charge < -0.3 is 14.5 Å². The number of hydrogen-bond donors (Lipinski definition) is 1. The molecule has 1 heterocycles. The van der Waals surface area contributed by atoms with E-state index in [2.05, 4.69) is 12.2 Å². The molecule has 0 saturated heterocycles. The van der Waals surface area contributed by atoms with Gasteiger partial charge in [-0.25, -0.2) is 9.59 Å². The van der Waals surface area contributed by atoms with Crippen LogP contribution < -0.4 is 10.9 Å². The molecule has 0 fully saturated rings. The van der Waals surface area contributed by atoms with E-state index in [0.29, 0.717) is 18.2 Å². The van der Waals surface area contributed by atoms with E-state index in [1.807, 2.05) is 37.3 Å². The van der Waals surface area contributed by atoms with Crippen molar-refractivity contribution in [2.45, 2.75) is 78.0 Å². The number of fused-ring (bicyclic) bond motifs is 1. The molecule has 0 aliphatic carbocycles. The zero-order valence-electron chi connectivity index (χ0n) is 22.3.